The van der Waals surface area contributed by atoms with E-state index in [0.29, 0.717) is 37.7 Å². The second-order valence-electron chi connectivity index (χ2n) is 6.22. The number of nitrogens with one attached hydrogen (secondary N) is 1. The normalized spacial score (nSPS) is 17.4. The van der Waals surface area contributed by atoms with Crippen LogP contribution in [0, 0.1) is 0 Å². The SMILES string of the molecule is CN(C)C(C(=O)NCCN1CCCOC1=O)c1ccc2c(c1)OCO2. The highest BCUT2D eigenvalue weighted by molar-refractivity contribution is 5.83. The van der Waals surface area contributed by atoms with Gasteiger partial charge in [-0.05, 0) is 38.2 Å². The highest BCUT2D eigenvalue weighted by Gasteiger charge is 2.26. The fraction of sp³-hybridized carbons (Fsp3) is 0.529. The van der Waals surface area contributed by atoms with Crippen molar-refractivity contribution in [3.05, 3.63) is 23.8 Å². The van der Waals surface area contributed by atoms with Crippen LogP contribution in [0.4, 0.5) is 4.79 Å². The van der Waals surface area contributed by atoms with Crippen molar-refractivity contribution in [3.63, 3.8) is 0 Å². The van der Waals surface area contributed by atoms with Crippen LogP contribution in [0.1, 0.15) is 18.0 Å². The molecule has 1 saturated heterocycles. The minimum Gasteiger partial charge on any atom is -0.454 e. The van der Waals surface area contributed by atoms with E-state index in [2.05, 4.69) is 5.32 Å². The lowest BCUT2D eigenvalue weighted by atomic mass is 10.0. The summed E-state index contributed by atoms with van der Waals surface area (Å²) in [5, 5.41) is 2.90. The van der Waals surface area contributed by atoms with E-state index in [4.69, 9.17) is 14.2 Å². The highest BCUT2D eigenvalue weighted by atomic mass is 16.7. The zero-order valence-electron chi connectivity index (χ0n) is 14.5. The molecule has 3 rings (SSSR count). The van der Waals surface area contributed by atoms with Gasteiger partial charge >= 0.3 is 6.09 Å². The van der Waals surface area contributed by atoms with Gasteiger partial charge in [0.1, 0.15) is 6.04 Å². The molecule has 1 N–H and O–H groups in total. The van der Waals surface area contributed by atoms with Crippen LogP contribution in [-0.4, -0.2) is 68.9 Å². The molecule has 8 nitrogen and oxygen atoms in total. The Morgan fingerprint density at radius 2 is 2.08 bits per heavy atom. The number of hydrogen-bond acceptors (Lipinski definition) is 6. The summed E-state index contributed by atoms with van der Waals surface area (Å²) in [6.45, 7) is 2.14. The molecule has 2 aliphatic heterocycles. The summed E-state index contributed by atoms with van der Waals surface area (Å²) in [5.41, 5.74) is 0.823. The van der Waals surface area contributed by atoms with Crippen molar-refractivity contribution >= 4 is 12.0 Å². The lowest BCUT2D eigenvalue weighted by Gasteiger charge is -2.27. The molecule has 1 aromatic carbocycles. The first-order valence-corrected chi connectivity index (χ1v) is 8.31. The van der Waals surface area contributed by atoms with Crippen LogP contribution in [0.5, 0.6) is 11.5 Å². The van der Waals surface area contributed by atoms with Crippen molar-refractivity contribution < 1.29 is 23.8 Å². The number of cyclic esters (lactones) is 1. The van der Waals surface area contributed by atoms with Gasteiger partial charge in [-0.2, -0.15) is 0 Å². The van der Waals surface area contributed by atoms with Gasteiger partial charge in [-0.1, -0.05) is 6.07 Å². The Balaban J connectivity index is 1.60. The Morgan fingerprint density at radius 3 is 2.84 bits per heavy atom. The van der Waals surface area contributed by atoms with Gasteiger partial charge in [0, 0.05) is 19.6 Å². The lowest BCUT2D eigenvalue weighted by Crippen LogP contribution is -2.44. The van der Waals surface area contributed by atoms with Crippen LogP contribution in [0.25, 0.3) is 0 Å². The Kier molecular flexibility index (Phi) is 5.28. The van der Waals surface area contributed by atoms with Crippen molar-refractivity contribution in [2.24, 2.45) is 0 Å². The van der Waals surface area contributed by atoms with Crippen molar-refractivity contribution in [1.29, 1.82) is 0 Å². The van der Waals surface area contributed by atoms with Crippen LogP contribution in [0.3, 0.4) is 0 Å². The Bertz CT molecular complexity index is 649. The standard InChI is InChI=1S/C17H23N3O5/c1-19(2)15(12-4-5-13-14(10-12)25-11-24-13)16(21)18-6-8-20-7-3-9-23-17(20)22/h4-5,10,15H,3,6-9,11H2,1-2H3,(H,18,21). The first-order chi connectivity index (χ1) is 12.1. The Morgan fingerprint density at radius 1 is 1.28 bits per heavy atom. The molecular weight excluding hydrogens is 326 g/mol. The Labute approximate surface area is 146 Å². The van der Waals surface area contributed by atoms with Crippen molar-refractivity contribution in [2.45, 2.75) is 12.5 Å². The molecule has 1 unspecified atom stereocenters. The number of benzene rings is 1. The smallest absolute Gasteiger partial charge is 0.409 e. The fourth-order valence-corrected chi connectivity index (χ4v) is 2.98. The van der Waals surface area contributed by atoms with Gasteiger partial charge in [-0.25, -0.2) is 4.79 Å². The van der Waals surface area contributed by atoms with E-state index in [9.17, 15) is 9.59 Å². The number of hydrogen-bond donors (Lipinski definition) is 1. The van der Waals surface area contributed by atoms with Gasteiger partial charge in [-0.3, -0.25) is 9.69 Å². The highest BCUT2D eigenvalue weighted by Crippen LogP contribution is 2.35. The number of amides is 2. The molecule has 2 aliphatic rings. The monoisotopic (exact) mass is 349 g/mol. The number of carbonyl (C=O) groups is 2. The van der Waals surface area contributed by atoms with Gasteiger partial charge in [0.15, 0.2) is 11.5 Å². The zero-order chi connectivity index (χ0) is 17.8. The maximum Gasteiger partial charge on any atom is 0.409 e. The number of fused-ring (bicyclic) bond motifs is 1. The van der Waals surface area contributed by atoms with Crippen LogP contribution >= 0.6 is 0 Å². The summed E-state index contributed by atoms with van der Waals surface area (Å²) in [5.74, 6) is 1.20. The lowest BCUT2D eigenvalue weighted by molar-refractivity contribution is -0.125. The molecule has 0 aliphatic carbocycles. The third kappa shape index (κ3) is 3.96. The minimum atomic E-state index is -0.456. The molecule has 1 fully saturated rings. The van der Waals surface area contributed by atoms with E-state index in [-0.39, 0.29) is 18.8 Å². The molecule has 8 heteroatoms. The maximum absolute atomic E-state index is 12.6. The molecule has 2 amide bonds. The van der Waals surface area contributed by atoms with E-state index >= 15 is 0 Å². The van der Waals surface area contributed by atoms with Crippen LogP contribution in [0.2, 0.25) is 0 Å². The molecule has 1 aromatic rings. The number of carbonyl (C=O) groups excluding carboxylic acids is 2. The van der Waals surface area contributed by atoms with E-state index in [1.807, 2.05) is 37.2 Å². The van der Waals surface area contributed by atoms with Crippen LogP contribution < -0.4 is 14.8 Å². The van der Waals surface area contributed by atoms with Gasteiger partial charge in [0.2, 0.25) is 12.7 Å². The molecule has 0 radical (unpaired) electrons. The van der Waals surface area contributed by atoms with Gasteiger partial charge in [0.25, 0.3) is 0 Å². The van der Waals surface area contributed by atoms with Gasteiger partial charge in [-0.15, -0.1) is 0 Å². The average Bonchev–Trinajstić information content (AvgIpc) is 3.04. The predicted molar refractivity (Wildman–Crippen MR) is 89.5 cm³/mol. The summed E-state index contributed by atoms with van der Waals surface area (Å²) in [6.07, 6.45) is 0.498. The van der Waals surface area contributed by atoms with Crippen LogP contribution in [0.15, 0.2) is 18.2 Å². The summed E-state index contributed by atoms with van der Waals surface area (Å²) in [6, 6.07) is 5.04. The minimum absolute atomic E-state index is 0.130. The maximum atomic E-state index is 12.6. The third-order valence-electron chi connectivity index (χ3n) is 4.21. The summed E-state index contributed by atoms with van der Waals surface area (Å²) in [4.78, 5) is 27.7. The summed E-state index contributed by atoms with van der Waals surface area (Å²) in [7, 11) is 3.69. The molecule has 136 valence electrons. The second-order valence-corrected chi connectivity index (χ2v) is 6.22. The molecule has 0 saturated carbocycles. The largest absolute Gasteiger partial charge is 0.454 e. The van der Waals surface area contributed by atoms with E-state index < -0.39 is 6.04 Å². The molecule has 1 atom stereocenters. The predicted octanol–water partition coefficient (Wildman–Crippen LogP) is 0.976. The topological polar surface area (TPSA) is 80.3 Å². The fourth-order valence-electron chi connectivity index (χ4n) is 2.98. The molecule has 0 bridgehead atoms. The third-order valence-corrected chi connectivity index (χ3v) is 4.21. The quantitative estimate of drug-likeness (QED) is 0.825. The van der Waals surface area contributed by atoms with E-state index in [1.165, 1.54) is 0 Å². The summed E-state index contributed by atoms with van der Waals surface area (Å²) >= 11 is 0. The molecule has 0 aromatic heterocycles. The number of ether oxygens (including phenoxy) is 3. The Hall–Kier alpha value is -2.48. The first kappa shape index (κ1) is 17.3. The van der Waals surface area contributed by atoms with Gasteiger partial charge in [0.05, 0.1) is 6.61 Å². The molecule has 2 heterocycles. The molecule has 0 spiro atoms. The second kappa shape index (κ2) is 7.60. The van der Waals surface area contributed by atoms with E-state index in [0.717, 1.165) is 12.0 Å². The van der Waals surface area contributed by atoms with Crippen LogP contribution in [-0.2, 0) is 9.53 Å². The number of nitrogens with zero attached hydrogens (tertiary/aromatic N) is 2. The van der Waals surface area contributed by atoms with E-state index in [1.54, 1.807) is 4.90 Å². The zero-order valence-corrected chi connectivity index (χ0v) is 14.5. The number of rotatable bonds is 6. The first-order valence-electron chi connectivity index (χ1n) is 8.31. The summed E-state index contributed by atoms with van der Waals surface area (Å²) < 4.78 is 15.7. The van der Waals surface area contributed by atoms with Crippen molar-refractivity contribution in [3.8, 4) is 11.5 Å². The molecule has 25 heavy (non-hydrogen) atoms. The average molecular weight is 349 g/mol. The van der Waals surface area contributed by atoms with Crippen molar-refractivity contribution in [2.75, 3.05) is 47.1 Å². The van der Waals surface area contributed by atoms with Crippen molar-refractivity contribution in [1.82, 2.24) is 15.1 Å². The number of likely N-dealkylation sites (N-methyl/N-ethyl adjacent to an activating group) is 1. The molecular formula is C17H23N3O5. The van der Waals surface area contributed by atoms with Gasteiger partial charge < -0.3 is 24.4 Å².